The van der Waals surface area contributed by atoms with Gasteiger partial charge in [-0.3, -0.25) is 4.90 Å². The van der Waals surface area contributed by atoms with Gasteiger partial charge in [0.2, 0.25) is 0 Å². The molecular weight excluding hydrogens is 234 g/mol. The van der Waals surface area contributed by atoms with Gasteiger partial charge >= 0.3 is 0 Å². The first-order chi connectivity index (χ1) is 9.38. The first-order valence-electron chi connectivity index (χ1n) is 6.83. The van der Waals surface area contributed by atoms with Crippen LogP contribution in [0, 0.1) is 0 Å². The van der Waals surface area contributed by atoms with Crippen molar-refractivity contribution in [3.63, 3.8) is 0 Å². The van der Waals surface area contributed by atoms with Crippen molar-refractivity contribution in [2.24, 2.45) is 0 Å². The number of nitrogens with zero attached hydrogens (tertiary/aromatic N) is 1. The van der Waals surface area contributed by atoms with Crippen LogP contribution in [0.5, 0.6) is 0 Å². The summed E-state index contributed by atoms with van der Waals surface area (Å²) in [4.78, 5) is 2.35. The molecule has 2 aromatic carbocycles. The highest BCUT2D eigenvalue weighted by molar-refractivity contribution is 5.25. The number of benzene rings is 2. The van der Waals surface area contributed by atoms with E-state index in [9.17, 15) is 5.11 Å². The van der Waals surface area contributed by atoms with Crippen LogP contribution >= 0.6 is 0 Å². The number of aliphatic hydroxyl groups is 1. The summed E-state index contributed by atoms with van der Waals surface area (Å²) in [5, 5.41) is 9.63. The standard InChI is InChI=1S/C17H19NO/c19-13-17(15-9-5-2-6-10-15)18-11-16(12-18)14-7-3-1-4-8-14/h1-10,16-17,19H,11-13H2/t17-/m0/s1. The van der Waals surface area contributed by atoms with E-state index in [-0.39, 0.29) is 12.6 Å². The van der Waals surface area contributed by atoms with Crippen LogP contribution in [-0.2, 0) is 0 Å². The summed E-state index contributed by atoms with van der Waals surface area (Å²) in [7, 11) is 0. The summed E-state index contributed by atoms with van der Waals surface area (Å²) in [6, 6.07) is 21.0. The van der Waals surface area contributed by atoms with Crippen LogP contribution < -0.4 is 0 Å². The Kier molecular flexibility index (Phi) is 3.62. The normalized spacial score (nSPS) is 17.9. The van der Waals surface area contributed by atoms with Gasteiger partial charge in [0, 0.05) is 19.0 Å². The first kappa shape index (κ1) is 12.4. The molecule has 1 aliphatic heterocycles. The van der Waals surface area contributed by atoms with Crippen LogP contribution in [0.3, 0.4) is 0 Å². The molecule has 0 saturated carbocycles. The fraction of sp³-hybridized carbons (Fsp3) is 0.294. The molecule has 1 heterocycles. The highest BCUT2D eigenvalue weighted by atomic mass is 16.3. The van der Waals surface area contributed by atoms with Crippen LogP contribution in [-0.4, -0.2) is 29.7 Å². The lowest BCUT2D eigenvalue weighted by molar-refractivity contribution is 0.0527. The zero-order valence-corrected chi connectivity index (χ0v) is 10.9. The van der Waals surface area contributed by atoms with E-state index >= 15 is 0 Å². The molecule has 0 aliphatic carbocycles. The molecule has 19 heavy (non-hydrogen) atoms. The smallest absolute Gasteiger partial charge is 0.0628 e. The predicted octanol–water partition coefficient (Wildman–Crippen LogP) is 2.82. The summed E-state index contributed by atoms with van der Waals surface area (Å²) in [5.74, 6) is 0.610. The van der Waals surface area contributed by atoms with E-state index in [4.69, 9.17) is 0 Å². The third-order valence-corrected chi connectivity index (χ3v) is 3.98. The number of hydrogen-bond donors (Lipinski definition) is 1. The zero-order chi connectivity index (χ0) is 13.1. The van der Waals surface area contributed by atoms with Crippen LogP contribution in [0.4, 0.5) is 0 Å². The van der Waals surface area contributed by atoms with E-state index in [0.29, 0.717) is 5.92 Å². The molecular formula is C17H19NO. The molecule has 1 N–H and O–H groups in total. The van der Waals surface area contributed by atoms with Gasteiger partial charge in [0.1, 0.15) is 0 Å². The van der Waals surface area contributed by atoms with Crippen molar-refractivity contribution in [3.05, 3.63) is 71.8 Å². The monoisotopic (exact) mass is 253 g/mol. The van der Waals surface area contributed by atoms with E-state index in [1.165, 1.54) is 11.1 Å². The Hall–Kier alpha value is -1.64. The number of likely N-dealkylation sites (tertiary alicyclic amines) is 1. The second kappa shape index (κ2) is 5.55. The van der Waals surface area contributed by atoms with Crippen LogP contribution in [0.1, 0.15) is 23.1 Å². The fourth-order valence-corrected chi connectivity index (χ4v) is 2.81. The van der Waals surface area contributed by atoms with Crippen molar-refractivity contribution in [3.8, 4) is 0 Å². The minimum atomic E-state index is 0.140. The summed E-state index contributed by atoms with van der Waals surface area (Å²) < 4.78 is 0. The highest BCUT2D eigenvalue weighted by Crippen LogP contribution is 2.33. The van der Waals surface area contributed by atoms with Gasteiger partial charge in [0.05, 0.1) is 12.6 Å². The first-order valence-corrected chi connectivity index (χ1v) is 6.83. The number of rotatable bonds is 4. The van der Waals surface area contributed by atoms with Gasteiger partial charge in [0.15, 0.2) is 0 Å². The van der Waals surface area contributed by atoms with Crippen molar-refractivity contribution in [2.75, 3.05) is 19.7 Å². The van der Waals surface area contributed by atoms with E-state index < -0.39 is 0 Å². The Morgan fingerprint density at radius 1 is 0.947 bits per heavy atom. The molecule has 98 valence electrons. The van der Waals surface area contributed by atoms with Gasteiger partial charge in [0.25, 0.3) is 0 Å². The molecule has 2 aromatic rings. The maximum absolute atomic E-state index is 9.63. The van der Waals surface area contributed by atoms with Crippen LogP contribution in [0.2, 0.25) is 0 Å². The van der Waals surface area contributed by atoms with Crippen molar-refractivity contribution >= 4 is 0 Å². The van der Waals surface area contributed by atoms with Crippen molar-refractivity contribution in [1.29, 1.82) is 0 Å². The highest BCUT2D eigenvalue weighted by Gasteiger charge is 2.33. The van der Waals surface area contributed by atoms with E-state index in [1.807, 2.05) is 18.2 Å². The molecule has 1 atom stereocenters. The molecule has 1 saturated heterocycles. The van der Waals surface area contributed by atoms with E-state index in [1.54, 1.807) is 0 Å². The van der Waals surface area contributed by atoms with Crippen molar-refractivity contribution in [1.82, 2.24) is 4.90 Å². The predicted molar refractivity (Wildman–Crippen MR) is 77.0 cm³/mol. The number of hydrogen-bond acceptors (Lipinski definition) is 2. The molecule has 0 amide bonds. The lowest BCUT2D eigenvalue weighted by Crippen LogP contribution is -2.47. The maximum Gasteiger partial charge on any atom is 0.0628 e. The average Bonchev–Trinajstić information content (AvgIpc) is 2.44. The molecule has 0 spiro atoms. The van der Waals surface area contributed by atoms with Gasteiger partial charge in [-0.1, -0.05) is 60.7 Å². The minimum absolute atomic E-state index is 0.140. The Bertz CT molecular complexity index is 505. The molecule has 2 heteroatoms. The maximum atomic E-state index is 9.63. The van der Waals surface area contributed by atoms with Gasteiger partial charge in [-0.25, -0.2) is 0 Å². The van der Waals surface area contributed by atoms with Gasteiger partial charge in [-0.15, -0.1) is 0 Å². The van der Waals surface area contributed by atoms with Gasteiger partial charge < -0.3 is 5.11 Å². The molecule has 1 fully saturated rings. The third kappa shape index (κ3) is 2.55. The third-order valence-electron chi connectivity index (χ3n) is 3.98. The Morgan fingerprint density at radius 3 is 2.11 bits per heavy atom. The summed E-state index contributed by atoms with van der Waals surface area (Å²) >= 11 is 0. The fourth-order valence-electron chi connectivity index (χ4n) is 2.81. The van der Waals surface area contributed by atoms with E-state index in [2.05, 4.69) is 47.4 Å². The largest absolute Gasteiger partial charge is 0.394 e. The number of aliphatic hydroxyl groups excluding tert-OH is 1. The van der Waals surface area contributed by atoms with E-state index in [0.717, 1.165) is 13.1 Å². The van der Waals surface area contributed by atoms with Crippen LogP contribution in [0.25, 0.3) is 0 Å². The molecule has 3 rings (SSSR count). The SMILES string of the molecule is OC[C@@H](c1ccccc1)N1CC(c2ccccc2)C1. The Balaban J connectivity index is 1.66. The Morgan fingerprint density at radius 2 is 1.53 bits per heavy atom. The molecule has 0 radical (unpaired) electrons. The van der Waals surface area contributed by atoms with Crippen molar-refractivity contribution in [2.45, 2.75) is 12.0 Å². The lowest BCUT2D eigenvalue weighted by Gasteiger charge is -2.44. The average molecular weight is 253 g/mol. The Labute approximate surface area is 114 Å². The molecule has 2 nitrogen and oxygen atoms in total. The molecule has 0 unspecified atom stereocenters. The zero-order valence-electron chi connectivity index (χ0n) is 10.9. The summed E-state index contributed by atoms with van der Waals surface area (Å²) in [5.41, 5.74) is 2.61. The van der Waals surface area contributed by atoms with Gasteiger partial charge in [-0.2, -0.15) is 0 Å². The second-order valence-corrected chi connectivity index (χ2v) is 5.17. The molecule has 0 aromatic heterocycles. The summed E-state index contributed by atoms with van der Waals surface area (Å²) in [6.45, 7) is 2.25. The summed E-state index contributed by atoms with van der Waals surface area (Å²) in [6.07, 6.45) is 0. The topological polar surface area (TPSA) is 23.5 Å². The quantitative estimate of drug-likeness (QED) is 0.905. The molecule has 0 bridgehead atoms. The molecule has 1 aliphatic rings. The van der Waals surface area contributed by atoms with Gasteiger partial charge in [-0.05, 0) is 11.1 Å². The minimum Gasteiger partial charge on any atom is -0.394 e. The van der Waals surface area contributed by atoms with Crippen LogP contribution in [0.15, 0.2) is 60.7 Å². The van der Waals surface area contributed by atoms with Crippen molar-refractivity contribution < 1.29 is 5.11 Å². The lowest BCUT2D eigenvalue weighted by atomic mass is 9.89. The second-order valence-electron chi connectivity index (χ2n) is 5.17.